The quantitative estimate of drug-likeness (QED) is 0.647. The zero-order valence-corrected chi connectivity index (χ0v) is 18.8. The second-order valence-corrected chi connectivity index (χ2v) is 9.97. The molecule has 4 rings (SSSR count). The van der Waals surface area contributed by atoms with Crippen LogP contribution in [0.3, 0.4) is 0 Å². The first-order valence-corrected chi connectivity index (χ1v) is 11.7. The van der Waals surface area contributed by atoms with Crippen LogP contribution in [0, 0.1) is 6.92 Å². The maximum Gasteiger partial charge on any atom is 0.291 e. The third kappa shape index (κ3) is 4.45. The molecular formula is C23H24N2O6S. The van der Waals surface area contributed by atoms with Crippen LogP contribution >= 0.6 is 0 Å². The Balaban J connectivity index is 1.53. The second kappa shape index (κ2) is 8.50. The van der Waals surface area contributed by atoms with Gasteiger partial charge in [0.15, 0.2) is 11.2 Å². The molecule has 2 atom stereocenters. The van der Waals surface area contributed by atoms with Gasteiger partial charge in [0, 0.05) is 24.8 Å². The summed E-state index contributed by atoms with van der Waals surface area (Å²) in [7, 11) is -3.68. The lowest BCUT2D eigenvalue weighted by atomic mass is 10.1. The average molecular weight is 457 g/mol. The van der Waals surface area contributed by atoms with Gasteiger partial charge in [-0.2, -0.15) is 4.31 Å². The van der Waals surface area contributed by atoms with Crippen molar-refractivity contribution in [2.24, 2.45) is 0 Å². The molecule has 2 aromatic carbocycles. The van der Waals surface area contributed by atoms with Crippen LogP contribution < -0.4 is 10.7 Å². The van der Waals surface area contributed by atoms with Gasteiger partial charge < -0.3 is 14.5 Å². The number of morpholine rings is 1. The van der Waals surface area contributed by atoms with Crippen LogP contribution in [-0.2, 0) is 14.8 Å². The van der Waals surface area contributed by atoms with Gasteiger partial charge >= 0.3 is 0 Å². The maximum absolute atomic E-state index is 13.0. The van der Waals surface area contributed by atoms with E-state index in [0.717, 1.165) is 11.6 Å². The third-order valence-electron chi connectivity index (χ3n) is 5.24. The topological polar surface area (TPSA) is 106 Å². The normalized spacial score (nSPS) is 19.7. The number of ether oxygens (including phenoxy) is 1. The van der Waals surface area contributed by atoms with Gasteiger partial charge in [-0.1, -0.05) is 6.07 Å². The van der Waals surface area contributed by atoms with Crippen molar-refractivity contribution in [1.29, 1.82) is 0 Å². The third-order valence-corrected chi connectivity index (χ3v) is 7.09. The summed E-state index contributed by atoms with van der Waals surface area (Å²) in [4.78, 5) is 25.0. The standard InChI is InChI=1S/C23H24N2O6S/c1-14-4-9-19-20(26)11-22(31-21(19)10-14)23(27)24-17-5-7-18(8-6-17)32(28,29)25-12-15(2)30-16(3)13-25/h4-11,15-16H,12-13H2,1-3H3,(H,24,27)/t15-,16-/m1/s1. The van der Waals surface area contributed by atoms with E-state index in [1.807, 2.05) is 20.8 Å². The predicted octanol–water partition coefficient (Wildman–Crippen LogP) is 3.15. The molecular weight excluding hydrogens is 432 g/mol. The molecule has 1 aromatic heterocycles. The van der Waals surface area contributed by atoms with Crippen LogP contribution in [0.15, 0.2) is 62.6 Å². The summed E-state index contributed by atoms with van der Waals surface area (Å²) in [5.74, 6) is -0.724. The van der Waals surface area contributed by atoms with Crippen LogP contribution in [0.2, 0.25) is 0 Å². The lowest BCUT2D eigenvalue weighted by Gasteiger charge is -2.34. The molecule has 0 saturated carbocycles. The van der Waals surface area contributed by atoms with Gasteiger partial charge in [-0.05, 0) is 62.7 Å². The summed E-state index contributed by atoms with van der Waals surface area (Å²) in [5.41, 5.74) is 1.30. The predicted molar refractivity (Wildman–Crippen MR) is 120 cm³/mol. The Morgan fingerprint density at radius 1 is 1.03 bits per heavy atom. The Morgan fingerprint density at radius 3 is 2.34 bits per heavy atom. The van der Waals surface area contributed by atoms with Gasteiger partial charge in [-0.3, -0.25) is 9.59 Å². The number of amides is 1. The van der Waals surface area contributed by atoms with Gasteiger partial charge in [-0.25, -0.2) is 8.42 Å². The first kappa shape index (κ1) is 22.2. The molecule has 9 heteroatoms. The van der Waals surface area contributed by atoms with Crippen molar-refractivity contribution in [3.05, 3.63) is 70.1 Å². The highest BCUT2D eigenvalue weighted by Gasteiger charge is 2.32. The molecule has 1 fully saturated rings. The van der Waals surface area contributed by atoms with E-state index in [1.54, 1.807) is 18.2 Å². The van der Waals surface area contributed by atoms with Crippen molar-refractivity contribution in [2.45, 2.75) is 37.9 Å². The van der Waals surface area contributed by atoms with E-state index in [-0.39, 0.29) is 41.4 Å². The molecule has 0 unspecified atom stereocenters. The Bertz CT molecular complexity index is 1320. The number of sulfonamides is 1. The highest BCUT2D eigenvalue weighted by Crippen LogP contribution is 2.23. The summed E-state index contributed by atoms with van der Waals surface area (Å²) in [6.45, 7) is 6.10. The van der Waals surface area contributed by atoms with Crippen molar-refractivity contribution < 1.29 is 22.4 Å². The molecule has 3 aromatic rings. The molecule has 1 aliphatic heterocycles. The molecule has 8 nitrogen and oxygen atoms in total. The van der Waals surface area contributed by atoms with Gasteiger partial charge in [0.2, 0.25) is 10.0 Å². The number of nitrogens with one attached hydrogen (secondary N) is 1. The number of carbonyl (C=O) groups is 1. The van der Waals surface area contributed by atoms with Gasteiger partial charge in [0.25, 0.3) is 5.91 Å². The van der Waals surface area contributed by atoms with Crippen LogP contribution in [0.25, 0.3) is 11.0 Å². The van der Waals surface area contributed by atoms with Crippen molar-refractivity contribution in [3.8, 4) is 0 Å². The van der Waals surface area contributed by atoms with Crippen LogP contribution in [0.5, 0.6) is 0 Å². The van der Waals surface area contributed by atoms with Gasteiger partial charge in [0.1, 0.15) is 5.58 Å². The summed E-state index contributed by atoms with van der Waals surface area (Å²) < 4.78 is 38.5. The number of anilines is 1. The van der Waals surface area contributed by atoms with E-state index in [1.165, 1.54) is 28.6 Å². The first-order chi connectivity index (χ1) is 15.1. The fourth-order valence-electron chi connectivity index (χ4n) is 3.75. The van der Waals surface area contributed by atoms with Gasteiger partial charge in [0.05, 0.1) is 22.5 Å². The van der Waals surface area contributed by atoms with Crippen molar-refractivity contribution in [1.82, 2.24) is 4.31 Å². The zero-order valence-electron chi connectivity index (χ0n) is 18.0. The number of rotatable bonds is 4. The molecule has 0 aliphatic carbocycles. The molecule has 32 heavy (non-hydrogen) atoms. The Kier molecular flexibility index (Phi) is 5.89. The van der Waals surface area contributed by atoms with Gasteiger partial charge in [-0.15, -0.1) is 0 Å². The molecule has 1 saturated heterocycles. The van der Waals surface area contributed by atoms with Crippen LogP contribution in [0.4, 0.5) is 5.69 Å². The van der Waals surface area contributed by atoms with Crippen molar-refractivity contribution in [3.63, 3.8) is 0 Å². The summed E-state index contributed by atoms with van der Waals surface area (Å²) in [5, 5.41) is 3.03. The second-order valence-electron chi connectivity index (χ2n) is 8.03. The number of hydrogen-bond acceptors (Lipinski definition) is 6. The molecule has 0 bridgehead atoms. The number of hydrogen-bond donors (Lipinski definition) is 1. The number of nitrogens with zero attached hydrogens (tertiary/aromatic N) is 1. The summed E-state index contributed by atoms with van der Waals surface area (Å²) in [6.07, 6.45) is -0.375. The number of carbonyl (C=O) groups excluding carboxylic acids is 1. The number of aryl methyl sites for hydroxylation is 1. The van der Waals surface area contributed by atoms with E-state index < -0.39 is 15.9 Å². The zero-order chi connectivity index (χ0) is 23.0. The van der Waals surface area contributed by atoms with Crippen LogP contribution in [-0.4, -0.2) is 43.9 Å². The SMILES string of the molecule is Cc1ccc2c(=O)cc(C(=O)Nc3ccc(S(=O)(=O)N4C[C@@H](C)O[C@H](C)C4)cc3)oc2c1. The fraction of sp³-hybridized carbons (Fsp3) is 0.304. The Hall–Kier alpha value is -3.01. The molecule has 0 radical (unpaired) electrons. The minimum Gasteiger partial charge on any atom is -0.451 e. The first-order valence-electron chi connectivity index (χ1n) is 10.2. The Morgan fingerprint density at radius 2 is 1.69 bits per heavy atom. The van der Waals surface area contributed by atoms with Crippen molar-refractivity contribution >= 4 is 32.6 Å². The number of fused-ring (bicyclic) bond motifs is 1. The maximum atomic E-state index is 13.0. The summed E-state index contributed by atoms with van der Waals surface area (Å²) in [6, 6.07) is 12.2. The van der Waals surface area contributed by atoms with E-state index in [2.05, 4.69) is 5.32 Å². The van der Waals surface area contributed by atoms with E-state index in [4.69, 9.17) is 9.15 Å². The lowest BCUT2D eigenvalue weighted by Crippen LogP contribution is -2.48. The largest absolute Gasteiger partial charge is 0.451 e. The van der Waals surface area contributed by atoms with E-state index >= 15 is 0 Å². The smallest absolute Gasteiger partial charge is 0.291 e. The summed E-state index contributed by atoms with van der Waals surface area (Å²) >= 11 is 0. The lowest BCUT2D eigenvalue weighted by molar-refractivity contribution is -0.0440. The monoisotopic (exact) mass is 456 g/mol. The van der Waals surface area contributed by atoms with E-state index in [9.17, 15) is 18.0 Å². The van der Waals surface area contributed by atoms with Crippen LogP contribution in [0.1, 0.15) is 30.0 Å². The fourth-order valence-corrected chi connectivity index (χ4v) is 5.34. The van der Waals surface area contributed by atoms with Crippen molar-refractivity contribution in [2.75, 3.05) is 18.4 Å². The molecule has 168 valence electrons. The highest BCUT2D eigenvalue weighted by atomic mass is 32.2. The molecule has 1 amide bonds. The average Bonchev–Trinajstić information content (AvgIpc) is 2.73. The van der Waals surface area contributed by atoms with E-state index in [0.29, 0.717) is 16.7 Å². The minimum atomic E-state index is -3.68. The number of benzene rings is 2. The molecule has 2 heterocycles. The molecule has 1 aliphatic rings. The highest BCUT2D eigenvalue weighted by molar-refractivity contribution is 7.89. The Labute approximate surface area is 185 Å². The molecule has 0 spiro atoms. The molecule has 1 N–H and O–H groups in total. The minimum absolute atomic E-state index is 0.124.